The van der Waals surface area contributed by atoms with Crippen LogP contribution in [-0.4, -0.2) is 38.4 Å². The number of aryl methyl sites for hydroxylation is 3. The zero-order chi connectivity index (χ0) is 21.0. The van der Waals surface area contributed by atoms with Gasteiger partial charge in [-0.1, -0.05) is 19.3 Å². The molecule has 0 aromatic carbocycles. The molecule has 1 atom stereocenters. The first-order valence-corrected chi connectivity index (χ1v) is 10.5. The van der Waals surface area contributed by atoms with Crippen LogP contribution < -0.4 is 10.6 Å². The highest BCUT2D eigenvalue weighted by molar-refractivity contribution is 5.80. The van der Waals surface area contributed by atoms with Gasteiger partial charge >= 0.3 is 0 Å². The molecule has 2 aromatic rings. The van der Waals surface area contributed by atoms with Gasteiger partial charge in [-0.15, -0.1) is 10.2 Å². The van der Waals surface area contributed by atoms with Gasteiger partial charge in [-0.3, -0.25) is 0 Å². The quantitative estimate of drug-likeness (QED) is 0.507. The molecule has 1 fully saturated rings. The average molecular weight is 403 g/mol. The van der Waals surface area contributed by atoms with E-state index in [1.807, 2.05) is 38.5 Å². The summed E-state index contributed by atoms with van der Waals surface area (Å²) in [5.74, 6) is 3.89. The molecule has 0 radical (unpaired) electrons. The SMILES string of the molecule is Cc1cc(C(C)(O)CNC(=NCc2nnc(C)n2C)NC2CCCCC2)c(C)o1. The number of furan rings is 1. The normalized spacial score (nSPS) is 17.9. The Hall–Kier alpha value is -2.35. The van der Waals surface area contributed by atoms with E-state index in [1.165, 1.54) is 19.3 Å². The molecule has 8 nitrogen and oxygen atoms in total. The minimum absolute atomic E-state index is 0.323. The predicted octanol–water partition coefficient (Wildman–Crippen LogP) is 2.61. The van der Waals surface area contributed by atoms with Crippen molar-refractivity contribution in [1.29, 1.82) is 0 Å². The van der Waals surface area contributed by atoms with Gasteiger partial charge in [-0.05, 0) is 46.6 Å². The Balaban J connectivity index is 1.72. The number of nitrogens with one attached hydrogen (secondary N) is 2. The number of guanidine groups is 1. The Morgan fingerprint density at radius 1 is 1.28 bits per heavy atom. The van der Waals surface area contributed by atoms with Gasteiger partial charge in [0.2, 0.25) is 0 Å². The number of hydrogen-bond donors (Lipinski definition) is 3. The van der Waals surface area contributed by atoms with Gasteiger partial charge in [0, 0.05) is 18.7 Å². The van der Waals surface area contributed by atoms with E-state index >= 15 is 0 Å². The number of aromatic nitrogens is 3. The second kappa shape index (κ2) is 8.98. The van der Waals surface area contributed by atoms with Crippen LogP contribution in [0.25, 0.3) is 0 Å². The molecule has 1 saturated carbocycles. The van der Waals surface area contributed by atoms with Crippen molar-refractivity contribution < 1.29 is 9.52 Å². The first kappa shape index (κ1) is 21.4. The average Bonchev–Trinajstić information content (AvgIpc) is 3.20. The largest absolute Gasteiger partial charge is 0.466 e. The second-order valence-corrected chi connectivity index (χ2v) is 8.32. The summed E-state index contributed by atoms with van der Waals surface area (Å²) in [4.78, 5) is 4.72. The highest BCUT2D eigenvalue weighted by Crippen LogP contribution is 2.26. The minimum Gasteiger partial charge on any atom is -0.466 e. The monoisotopic (exact) mass is 402 g/mol. The van der Waals surface area contributed by atoms with E-state index in [0.717, 1.165) is 41.6 Å². The van der Waals surface area contributed by atoms with Crippen LogP contribution in [0.1, 0.15) is 67.8 Å². The maximum absolute atomic E-state index is 11.0. The standard InChI is InChI=1S/C21H34N6O2/c1-14-11-18(15(2)29-14)21(4,28)13-23-20(24-17-9-7-6-8-10-17)22-12-19-26-25-16(3)27(19)5/h11,17,28H,6-10,12-13H2,1-5H3,(H2,22,23,24). The summed E-state index contributed by atoms with van der Waals surface area (Å²) in [7, 11) is 1.94. The molecular weight excluding hydrogens is 368 g/mol. The molecule has 0 bridgehead atoms. The number of hydrogen-bond acceptors (Lipinski definition) is 5. The number of rotatable bonds is 6. The summed E-state index contributed by atoms with van der Waals surface area (Å²) >= 11 is 0. The molecule has 0 saturated heterocycles. The van der Waals surface area contributed by atoms with Gasteiger partial charge in [-0.2, -0.15) is 0 Å². The molecule has 2 heterocycles. The molecule has 0 spiro atoms. The molecule has 8 heteroatoms. The van der Waals surface area contributed by atoms with Crippen LogP contribution in [0.3, 0.4) is 0 Å². The smallest absolute Gasteiger partial charge is 0.192 e. The number of nitrogens with zero attached hydrogens (tertiary/aromatic N) is 4. The minimum atomic E-state index is -1.07. The molecule has 0 amide bonds. The molecule has 1 aliphatic rings. The lowest BCUT2D eigenvalue weighted by molar-refractivity contribution is 0.0601. The molecule has 3 N–H and O–H groups in total. The fourth-order valence-electron chi connectivity index (χ4n) is 3.85. The van der Waals surface area contributed by atoms with Gasteiger partial charge < -0.3 is 24.7 Å². The van der Waals surface area contributed by atoms with Crippen LogP contribution in [0.2, 0.25) is 0 Å². The highest BCUT2D eigenvalue weighted by atomic mass is 16.3. The third-order valence-corrected chi connectivity index (χ3v) is 5.73. The summed E-state index contributed by atoms with van der Waals surface area (Å²) in [5, 5.41) is 26.2. The van der Waals surface area contributed by atoms with Gasteiger partial charge in [0.1, 0.15) is 29.5 Å². The molecule has 2 aromatic heterocycles. The summed E-state index contributed by atoms with van der Waals surface area (Å²) in [6.07, 6.45) is 6.04. The molecule has 1 aliphatic carbocycles. The van der Waals surface area contributed by atoms with Crippen molar-refractivity contribution in [1.82, 2.24) is 25.4 Å². The van der Waals surface area contributed by atoms with Crippen molar-refractivity contribution in [2.24, 2.45) is 12.0 Å². The van der Waals surface area contributed by atoms with E-state index in [4.69, 9.17) is 9.41 Å². The third-order valence-electron chi connectivity index (χ3n) is 5.73. The van der Waals surface area contributed by atoms with Crippen LogP contribution >= 0.6 is 0 Å². The number of aliphatic hydroxyl groups is 1. The van der Waals surface area contributed by atoms with Crippen LogP contribution in [0.4, 0.5) is 0 Å². The lowest BCUT2D eigenvalue weighted by Crippen LogP contribution is -2.48. The van der Waals surface area contributed by atoms with Crippen molar-refractivity contribution in [2.75, 3.05) is 6.54 Å². The van der Waals surface area contributed by atoms with Crippen molar-refractivity contribution in [2.45, 2.75) is 78.0 Å². The van der Waals surface area contributed by atoms with E-state index in [-0.39, 0.29) is 0 Å². The molecule has 0 aliphatic heterocycles. The summed E-state index contributed by atoms with van der Waals surface area (Å²) in [5.41, 5.74) is -0.276. The maximum Gasteiger partial charge on any atom is 0.192 e. The highest BCUT2D eigenvalue weighted by Gasteiger charge is 2.28. The first-order valence-electron chi connectivity index (χ1n) is 10.5. The van der Waals surface area contributed by atoms with Gasteiger partial charge in [-0.25, -0.2) is 4.99 Å². The lowest BCUT2D eigenvalue weighted by atomic mass is 9.95. The topological polar surface area (TPSA) is 101 Å². The molecule has 1 unspecified atom stereocenters. The summed E-state index contributed by atoms with van der Waals surface area (Å²) in [6, 6.07) is 2.30. The molecule has 29 heavy (non-hydrogen) atoms. The fraction of sp³-hybridized carbons (Fsp3) is 0.667. The van der Waals surface area contributed by atoms with Crippen LogP contribution in [0, 0.1) is 20.8 Å². The van der Waals surface area contributed by atoms with Gasteiger partial charge in [0.05, 0.1) is 6.54 Å². The van der Waals surface area contributed by atoms with Crippen LogP contribution in [-0.2, 0) is 19.2 Å². The van der Waals surface area contributed by atoms with E-state index in [2.05, 4.69) is 20.8 Å². The van der Waals surface area contributed by atoms with Gasteiger partial charge in [0.15, 0.2) is 11.8 Å². The Labute approximate surface area is 172 Å². The molecule has 3 rings (SSSR count). The Morgan fingerprint density at radius 2 is 2.00 bits per heavy atom. The predicted molar refractivity (Wildman–Crippen MR) is 113 cm³/mol. The summed E-state index contributed by atoms with van der Waals surface area (Å²) < 4.78 is 7.54. The van der Waals surface area contributed by atoms with Crippen molar-refractivity contribution in [3.8, 4) is 0 Å². The van der Waals surface area contributed by atoms with E-state index in [1.54, 1.807) is 6.92 Å². The maximum atomic E-state index is 11.0. The number of aliphatic imine (C=N–C) groups is 1. The second-order valence-electron chi connectivity index (χ2n) is 8.32. The lowest BCUT2D eigenvalue weighted by Gasteiger charge is -2.28. The molecular formula is C21H34N6O2. The zero-order valence-corrected chi connectivity index (χ0v) is 18.2. The van der Waals surface area contributed by atoms with E-state index in [0.29, 0.717) is 25.1 Å². The first-order chi connectivity index (χ1) is 13.8. The Morgan fingerprint density at radius 3 is 2.59 bits per heavy atom. The van der Waals surface area contributed by atoms with Crippen molar-refractivity contribution in [3.05, 3.63) is 34.8 Å². The zero-order valence-electron chi connectivity index (χ0n) is 18.2. The Bertz CT molecular complexity index is 845. The van der Waals surface area contributed by atoms with Crippen molar-refractivity contribution in [3.63, 3.8) is 0 Å². The fourth-order valence-corrected chi connectivity index (χ4v) is 3.85. The van der Waals surface area contributed by atoms with Gasteiger partial charge in [0.25, 0.3) is 0 Å². The van der Waals surface area contributed by atoms with Crippen LogP contribution in [0.5, 0.6) is 0 Å². The molecule has 160 valence electrons. The van der Waals surface area contributed by atoms with E-state index in [9.17, 15) is 5.11 Å². The Kier molecular flexibility index (Phi) is 6.62. The van der Waals surface area contributed by atoms with E-state index < -0.39 is 5.60 Å². The third kappa shape index (κ3) is 5.38. The van der Waals surface area contributed by atoms with Crippen LogP contribution in [0.15, 0.2) is 15.5 Å². The summed E-state index contributed by atoms with van der Waals surface area (Å²) in [6.45, 7) is 8.23. The van der Waals surface area contributed by atoms with Crippen molar-refractivity contribution >= 4 is 5.96 Å².